The number of rotatable bonds is 5. The molecule has 0 aliphatic heterocycles. The minimum atomic E-state index is 0.907. The molecule has 0 saturated carbocycles. The molecule has 0 fully saturated rings. The van der Waals surface area contributed by atoms with Crippen LogP contribution in [0.15, 0.2) is 168 Å². The summed E-state index contributed by atoms with van der Waals surface area (Å²) in [6, 6.07) is 57.7. The monoisotopic (exact) mass is 537 g/mol. The average Bonchev–Trinajstić information content (AvgIpc) is 3.46. The fourth-order valence-corrected chi connectivity index (χ4v) is 6.14. The van der Waals surface area contributed by atoms with Crippen molar-refractivity contribution in [2.75, 3.05) is 4.90 Å². The van der Waals surface area contributed by atoms with Crippen LogP contribution in [-0.4, -0.2) is 0 Å². The fourth-order valence-electron chi connectivity index (χ4n) is 6.14. The van der Waals surface area contributed by atoms with Gasteiger partial charge in [0.05, 0.1) is 0 Å². The van der Waals surface area contributed by atoms with E-state index in [1.807, 2.05) is 6.07 Å². The Bertz CT molecular complexity index is 2120. The van der Waals surface area contributed by atoms with E-state index in [1.54, 1.807) is 0 Å². The standard InChI is InChI=1S/C40H27NO/c1-4-12-28(13-5-1)35-20-11-21-36-39-37(42-40(35)36)27-24-30-14-10-19-34(38(30)39)29-22-25-33(26-23-29)41(31-15-6-2-7-16-31)32-17-8-3-9-18-32/h1-27H. The van der Waals surface area contributed by atoms with E-state index in [0.29, 0.717) is 0 Å². The van der Waals surface area contributed by atoms with Crippen molar-refractivity contribution in [1.29, 1.82) is 0 Å². The summed E-state index contributed by atoms with van der Waals surface area (Å²) >= 11 is 0. The zero-order valence-corrected chi connectivity index (χ0v) is 22.9. The molecule has 1 heterocycles. The van der Waals surface area contributed by atoms with E-state index < -0.39 is 0 Å². The number of para-hydroxylation sites is 3. The second-order valence-electron chi connectivity index (χ2n) is 10.5. The molecule has 0 radical (unpaired) electrons. The van der Waals surface area contributed by atoms with Crippen molar-refractivity contribution in [3.63, 3.8) is 0 Å². The molecule has 2 heteroatoms. The molecule has 0 unspecified atom stereocenters. The lowest BCUT2D eigenvalue weighted by Crippen LogP contribution is -2.09. The van der Waals surface area contributed by atoms with Gasteiger partial charge in [0.15, 0.2) is 0 Å². The highest BCUT2D eigenvalue weighted by Crippen LogP contribution is 2.43. The highest BCUT2D eigenvalue weighted by Gasteiger charge is 2.17. The normalized spacial score (nSPS) is 11.3. The molecule has 0 saturated heterocycles. The molecule has 0 atom stereocenters. The van der Waals surface area contributed by atoms with Gasteiger partial charge in [0.2, 0.25) is 0 Å². The summed E-state index contributed by atoms with van der Waals surface area (Å²) in [7, 11) is 0. The van der Waals surface area contributed by atoms with Gasteiger partial charge in [0, 0.05) is 38.8 Å². The lowest BCUT2D eigenvalue weighted by Gasteiger charge is -2.25. The zero-order valence-electron chi connectivity index (χ0n) is 22.9. The number of furan rings is 1. The summed E-state index contributed by atoms with van der Waals surface area (Å²) in [5, 5.41) is 4.72. The van der Waals surface area contributed by atoms with Crippen molar-refractivity contribution in [3.8, 4) is 22.3 Å². The van der Waals surface area contributed by atoms with Crippen LogP contribution in [-0.2, 0) is 0 Å². The summed E-state index contributed by atoms with van der Waals surface area (Å²) in [5.74, 6) is 0. The van der Waals surface area contributed by atoms with Gasteiger partial charge in [-0.3, -0.25) is 0 Å². The van der Waals surface area contributed by atoms with Crippen LogP contribution in [0.2, 0.25) is 0 Å². The van der Waals surface area contributed by atoms with E-state index in [0.717, 1.165) is 50.1 Å². The second-order valence-corrected chi connectivity index (χ2v) is 10.5. The van der Waals surface area contributed by atoms with Gasteiger partial charge in [0.1, 0.15) is 11.2 Å². The quantitative estimate of drug-likeness (QED) is 0.217. The van der Waals surface area contributed by atoms with Gasteiger partial charge in [0.25, 0.3) is 0 Å². The molecule has 0 N–H and O–H groups in total. The molecule has 198 valence electrons. The molecule has 0 aliphatic carbocycles. The number of benzene rings is 7. The molecule has 0 spiro atoms. The van der Waals surface area contributed by atoms with Crippen LogP contribution in [0, 0.1) is 0 Å². The van der Waals surface area contributed by atoms with Gasteiger partial charge in [-0.05, 0) is 64.5 Å². The van der Waals surface area contributed by atoms with Crippen molar-refractivity contribution in [2.45, 2.75) is 0 Å². The maximum absolute atomic E-state index is 6.58. The third-order valence-corrected chi connectivity index (χ3v) is 8.05. The van der Waals surface area contributed by atoms with Crippen LogP contribution in [0.3, 0.4) is 0 Å². The smallest absolute Gasteiger partial charge is 0.143 e. The molecular weight excluding hydrogens is 510 g/mol. The van der Waals surface area contributed by atoms with Gasteiger partial charge in [-0.25, -0.2) is 0 Å². The Labute approximate surface area is 244 Å². The van der Waals surface area contributed by atoms with Gasteiger partial charge in [-0.15, -0.1) is 0 Å². The lowest BCUT2D eigenvalue weighted by molar-refractivity contribution is 0.670. The van der Waals surface area contributed by atoms with E-state index in [9.17, 15) is 0 Å². The largest absolute Gasteiger partial charge is 0.455 e. The second kappa shape index (κ2) is 10.1. The first-order chi connectivity index (χ1) is 20.8. The Kier molecular flexibility index (Phi) is 5.82. The molecule has 0 amide bonds. The molecule has 7 aromatic carbocycles. The summed E-state index contributed by atoms with van der Waals surface area (Å²) in [6.45, 7) is 0. The summed E-state index contributed by atoms with van der Waals surface area (Å²) in [4.78, 5) is 2.29. The third-order valence-electron chi connectivity index (χ3n) is 8.05. The number of hydrogen-bond donors (Lipinski definition) is 0. The van der Waals surface area contributed by atoms with E-state index in [1.165, 1.54) is 21.9 Å². The van der Waals surface area contributed by atoms with Crippen molar-refractivity contribution >= 4 is 49.8 Å². The Morgan fingerprint density at radius 2 is 0.952 bits per heavy atom. The van der Waals surface area contributed by atoms with Gasteiger partial charge in [-0.1, -0.05) is 121 Å². The molecule has 2 nitrogen and oxygen atoms in total. The summed E-state index contributed by atoms with van der Waals surface area (Å²) in [5.41, 5.74) is 9.84. The predicted octanol–water partition coefficient (Wildman–Crippen LogP) is 11.5. The van der Waals surface area contributed by atoms with Gasteiger partial charge < -0.3 is 9.32 Å². The first-order valence-electron chi connectivity index (χ1n) is 14.3. The number of hydrogen-bond acceptors (Lipinski definition) is 2. The van der Waals surface area contributed by atoms with Crippen molar-refractivity contribution < 1.29 is 4.42 Å². The first kappa shape index (κ1) is 24.2. The van der Waals surface area contributed by atoms with E-state index in [-0.39, 0.29) is 0 Å². The van der Waals surface area contributed by atoms with E-state index >= 15 is 0 Å². The van der Waals surface area contributed by atoms with Crippen LogP contribution in [0.1, 0.15) is 0 Å². The van der Waals surface area contributed by atoms with Gasteiger partial charge in [-0.2, -0.15) is 0 Å². The topological polar surface area (TPSA) is 16.4 Å². The van der Waals surface area contributed by atoms with Crippen LogP contribution >= 0.6 is 0 Å². The number of nitrogens with zero attached hydrogens (tertiary/aromatic N) is 1. The highest BCUT2D eigenvalue weighted by molar-refractivity contribution is 6.24. The van der Waals surface area contributed by atoms with Crippen molar-refractivity contribution in [2.24, 2.45) is 0 Å². The summed E-state index contributed by atoms with van der Waals surface area (Å²) < 4.78 is 6.58. The molecule has 0 bridgehead atoms. The van der Waals surface area contributed by atoms with Crippen LogP contribution in [0.4, 0.5) is 17.1 Å². The minimum absolute atomic E-state index is 0.907. The van der Waals surface area contributed by atoms with Crippen LogP contribution < -0.4 is 4.90 Å². The Balaban J connectivity index is 1.30. The first-order valence-corrected chi connectivity index (χ1v) is 14.3. The van der Waals surface area contributed by atoms with Crippen molar-refractivity contribution in [3.05, 3.63) is 164 Å². The molecular formula is C40H27NO. The predicted molar refractivity (Wildman–Crippen MR) is 177 cm³/mol. The van der Waals surface area contributed by atoms with Crippen LogP contribution in [0.25, 0.3) is 55.0 Å². The fraction of sp³-hybridized carbons (Fsp3) is 0. The third kappa shape index (κ3) is 4.05. The molecule has 42 heavy (non-hydrogen) atoms. The molecule has 0 aliphatic rings. The SMILES string of the molecule is c1ccc(-c2cccc3c2oc2ccc4cccc(-c5ccc(N(c6ccccc6)c6ccccc6)cc5)c4c23)cc1. The Morgan fingerprint density at radius 3 is 1.64 bits per heavy atom. The van der Waals surface area contributed by atoms with Gasteiger partial charge >= 0.3 is 0 Å². The maximum Gasteiger partial charge on any atom is 0.143 e. The number of fused-ring (bicyclic) bond motifs is 5. The molecule has 8 rings (SSSR count). The summed E-state index contributed by atoms with van der Waals surface area (Å²) in [6.07, 6.45) is 0. The number of anilines is 3. The van der Waals surface area contributed by atoms with Crippen LogP contribution in [0.5, 0.6) is 0 Å². The van der Waals surface area contributed by atoms with E-state index in [4.69, 9.17) is 4.42 Å². The minimum Gasteiger partial charge on any atom is -0.455 e. The highest BCUT2D eigenvalue weighted by atomic mass is 16.3. The Hall–Kier alpha value is -5.60. The average molecular weight is 538 g/mol. The molecule has 8 aromatic rings. The molecule has 1 aromatic heterocycles. The van der Waals surface area contributed by atoms with E-state index in [2.05, 4.69) is 163 Å². The lowest BCUT2D eigenvalue weighted by atomic mass is 9.93. The van der Waals surface area contributed by atoms with Crippen molar-refractivity contribution in [1.82, 2.24) is 0 Å². The Morgan fingerprint density at radius 1 is 0.381 bits per heavy atom. The zero-order chi connectivity index (χ0) is 27.9. The maximum atomic E-state index is 6.58.